The topological polar surface area (TPSA) is 101 Å². The van der Waals surface area contributed by atoms with Crippen LogP contribution in [-0.4, -0.2) is 33.0 Å². The van der Waals surface area contributed by atoms with E-state index in [4.69, 9.17) is 5.73 Å². The monoisotopic (exact) mass is 387 g/mol. The zero-order valence-electron chi connectivity index (χ0n) is 15.2. The molecule has 4 N–H and O–H groups in total. The smallest absolute Gasteiger partial charge is 0.250 e. The molecule has 1 aromatic rings. The summed E-state index contributed by atoms with van der Waals surface area (Å²) in [4.78, 5) is 12.8. The minimum Gasteiger partial charge on any atom is -0.355 e. The van der Waals surface area contributed by atoms with Crippen molar-refractivity contribution in [1.82, 2.24) is 10.0 Å². The molecule has 0 spiro atoms. The highest BCUT2D eigenvalue weighted by Crippen LogP contribution is 2.31. The van der Waals surface area contributed by atoms with Crippen molar-refractivity contribution in [2.24, 2.45) is 11.1 Å². The standard InChI is InChI=1S/C17H29N3O3S2/c1-16(2,3)15(21)19-11-8-13-6-7-14(24-13)25(22,23)20-17(12-18)9-4-5-10-17/h6-7,20H,4-5,8-12,18H2,1-3H3,(H,19,21). The Balaban J connectivity index is 1.96. The second-order valence-electron chi connectivity index (χ2n) is 7.77. The van der Waals surface area contributed by atoms with Crippen LogP contribution in [-0.2, 0) is 21.2 Å². The SMILES string of the molecule is CC(C)(C)C(=O)NCCc1ccc(S(=O)(=O)NC2(CN)CCCC2)s1. The molecule has 6 nitrogen and oxygen atoms in total. The minimum absolute atomic E-state index is 0.00955. The van der Waals surface area contributed by atoms with Crippen LogP contribution in [0.15, 0.2) is 16.3 Å². The predicted octanol–water partition coefficient (Wildman–Crippen LogP) is 2.00. The molecule has 1 aliphatic carbocycles. The summed E-state index contributed by atoms with van der Waals surface area (Å²) >= 11 is 1.25. The Morgan fingerprint density at radius 2 is 1.92 bits per heavy atom. The lowest BCUT2D eigenvalue weighted by atomic mass is 9.96. The quantitative estimate of drug-likeness (QED) is 0.666. The number of carbonyl (C=O) groups excluding carboxylic acids is 1. The normalized spacial score (nSPS) is 17.6. The van der Waals surface area contributed by atoms with Crippen LogP contribution in [0.2, 0.25) is 0 Å². The van der Waals surface area contributed by atoms with Crippen molar-refractivity contribution in [2.45, 2.75) is 62.6 Å². The highest BCUT2D eigenvalue weighted by Gasteiger charge is 2.37. The van der Waals surface area contributed by atoms with Crippen molar-refractivity contribution in [3.05, 3.63) is 17.0 Å². The molecule has 0 bridgehead atoms. The van der Waals surface area contributed by atoms with E-state index in [1.807, 2.05) is 26.8 Å². The number of rotatable bonds is 7. The number of hydrogen-bond acceptors (Lipinski definition) is 5. The largest absolute Gasteiger partial charge is 0.355 e. The molecule has 25 heavy (non-hydrogen) atoms. The Kier molecular flexibility index (Phi) is 6.30. The molecular weight excluding hydrogens is 358 g/mol. The third-order valence-corrected chi connectivity index (χ3v) is 7.76. The number of thiophene rings is 1. The average Bonchev–Trinajstić information content (AvgIpc) is 3.16. The molecule has 1 saturated carbocycles. The maximum atomic E-state index is 12.7. The molecule has 1 aliphatic rings. The van der Waals surface area contributed by atoms with Crippen molar-refractivity contribution in [1.29, 1.82) is 0 Å². The number of carbonyl (C=O) groups is 1. The zero-order chi connectivity index (χ0) is 18.7. The molecule has 0 saturated heterocycles. The third kappa shape index (κ3) is 5.26. The van der Waals surface area contributed by atoms with E-state index in [0.717, 1.165) is 30.6 Å². The molecule has 0 unspecified atom stereocenters. The number of sulfonamides is 1. The second-order valence-corrected chi connectivity index (χ2v) is 10.9. The van der Waals surface area contributed by atoms with Crippen LogP contribution in [0.3, 0.4) is 0 Å². The highest BCUT2D eigenvalue weighted by atomic mass is 32.2. The number of nitrogens with one attached hydrogen (secondary N) is 2. The zero-order valence-corrected chi connectivity index (χ0v) is 16.9. The van der Waals surface area contributed by atoms with Gasteiger partial charge in [0.25, 0.3) is 10.0 Å². The van der Waals surface area contributed by atoms with Gasteiger partial charge in [0.05, 0.1) is 0 Å². The van der Waals surface area contributed by atoms with Gasteiger partial charge in [-0.3, -0.25) is 4.79 Å². The van der Waals surface area contributed by atoms with Crippen molar-refractivity contribution in [3.63, 3.8) is 0 Å². The van der Waals surface area contributed by atoms with E-state index >= 15 is 0 Å². The van der Waals surface area contributed by atoms with Crippen LogP contribution in [0.1, 0.15) is 51.3 Å². The van der Waals surface area contributed by atoms with Gasteiger partial charge in [0, 0.05) is 28.9 Å². The Labute approximate surface area is 154 Å². The molecule has 1 aromatic heterocycles. The second kappa shape index (κ2) is 7.73. The van der Waals surface area contributed by atoms with Gasteiger partial charge in [0.15, 0.2) is 0 Å². The fourth-order valence-electron chi connectivity index (χ4n) is 2.94. The van der Waals surface area contributed by atoms with E-state index in [-0.39, 0.29) is 5.91 Å². The van der Waals surface area contributed by atoms with Gasteiger partial charge in [0.2, 0.25) is 5.91 Å². The summed E-state index contributed by atoms with van der Waals surface area (Å²) in [7, 11) is -3.56. The van der Waals surface area contributed by atoms with Crippen LogP contribution in [0, 0.1) is 5.41 Å². The van der Waals surface area contributed by atoms with E-state index < -0.39 is 21.0 Å². The molecule has 0 radical (unpaired) electrons. The molecule has 1 heterocycles. The van der Waals surface area contributed by atoms with E-state index in [9.17, 15) is 13.2 Å². The highest BCUT2D eigenvalue weighted by molar-refractivity contribution is 7.91. The van der Waals surface area contributed by atoms with Gasteiger partial charge in [-0.1, -0.05) is 33.6 Å². The lowest BCUT2D eigenvalue weighted by Gasteiger charge is -2.27. The van der Waals surface area contributed by atoms with Gasteiger partial charge < -0.3 is 11.1 Å². The van der Waals surface area contributed by atoms with Crippen molar-refractivity contribution < 1.29 is 13.2 Å². The van der Waals surface area contributed by atoms with Gasteiger partial charge in [0.1, 0.15) is 4.21 Å². The molecule has 0 aliphatic heterocycles. The predicted molar refractivity (Wildman–Crippen MR) is 101 cm³/mol. The first-order valence-corrected chi connectivity index (χ1v) is 11.0. The number of hydrogen-bond donors (Lipinski definition) is 3. The summed E-state index contributed by atoms with van der Waals surface area (Å²) in [5.74, 6) is -0.00955. The fraction of sp³-hybridized carbons (Fsp3) is 0.706. The van der Waals surface area contributed by atoms with Gasteiger partial charge in [-0.15, -0.1) is 11.3 Å². The molecule has 0 atom stereocenters. The molecule has 142 valence electrons. The summed E-state index contributed by atoms with van der Waals surface area (Å²) in [6.45, 7) is 6.40. The van der Waals surface area contributed by atoms with Crippen LogP contribution in [0.25, 0.3) is 0 Å². The van der Waals surface area contributed by atoms with Gasteiger partial charge >= 0.3 is 0 Å². The Hall–Kier alpha value is -0.960. The molecular formula is C17H29N3O3S2. The Morgan fingerprint density at radius 3 is 2.48 bits per heavy atom. The third-order valence-electron chi connectivity index (χ3n) is 4.54. The summed E-state index contributed by atoms with van der Waals surface area (Å²) in [5.41, 5.74) is 4.90. The first-order valence-electron chi connectivity index (χ1n) is 8.69. The Morgan fingerprint density at radius 1 is 1.28 bits per heavy atom. The molecule has 1 amide bonds. The molecule has 0 aromatic carbocycles. The maximum absolute atomic E-state index is 12.7. The first-order chi connectivity index (χ1) is 11.6. The lowest BCUT2D eigenvalue weighted by Crippen LogP contribution is -2.51. The van der Waals surface area contributed by atoms with E-state index in [2.05, 4.69) is 10.0 Å². The maximum Gasteiger partial charge on any atom is 0.250 e. The van der Waals surface area contributed by atoms with E-state index in [1.54, 1.807) is 6.07 Å². The first kappa shape index (κ1) is 20.4. The summed E-state index contributed by atoms with van der Waals surface area (Å²) in [6.07, 6.45) is 4.20. The fourth-order valence-corrected chi connectivity index (χ4v) is 5.76. The minimum atomic E-state index is -3.56. The van der Waals surface area contributed by atoms with Crippen LogP contribution >= 0.6 is 11.3 Å². The van der Waals surface area contributed by atoms with Crippen LogP contribution in [0.4, 0.5) is 0 Å². The van der Waals surface area contributed by atoms with Gasteiger partial charge in [-0.05, 0) is 31.4 Å². The summed E-state index contributed by atoms with van der Waals surface area (Å²) in [6, 6.07) is 3.44. The van der Waals surface area contributed by atoms with Crippen molar-refractivity contribution in [2.75, 3.05) is 13.1 Å². The molecule has 1 fully saturated rings. The van der Waals surface area contributed by atoms with Crippen molar-refractivity contribution in [3.8, 4) is 0 Å². The molecule has 2 rings (SSSR count). The summed E-state index contributed by atoms with van der Waals surface area (Å²) in [5, 5.41) is 2.88. The van der Waals surface area contributed by atoms with Gasteiger partial charge in [-0.25, -0.2) is 13.1 Å². The average molecular weight is 388 g/mol. The number of amides is 1. The Bertz CT molecular complexity index is 699. The van der Waals surface area contributed by atoms with E-state index in [0.29, 0.717) is 23.7 Å². The van der Waals surface area contributed by atoms with E-state index in [1.165, 1.54) is 11.3 Å². The van der Waals surface area contributed by atoms with Crippen LogP contribution in [0.5, 0.6) is 0 Å². The van der Waals surface area contributed by atoms with Gasteiger partial charge in [-0.2, -0.15) is 0 Å². The summed E-state index contributed by atoms with van der Waals surface area (Å²) < 4.78 is 28.4. The van der Waals surface area contributed by atoms with Crippen LogP contribution < -0.4 is 15.8 Å². The van der Waals surface area contributed by atoms with Crippen molar-refractivity contribution >= 4 is 27.3 Å². The lowest BCUT2D eigenvalue weighted by molar-refractivity contribution is -0.128. The number of nitrogens with two attached hydrogens (primary N) is 1. The molecule has 8 heteroatoms.